The Morgan fingerprint density at radius 3 is 1.66 bits per heavy atom. The molecule has 0 spiro atoms. The number of rotatable bonds is 8. The fourth-order valence-electron chi connectivity index (χ4n) is 8.86. The summed E-state index contributed by atoms with van der Waals surface area (Å²) in [6, 6.07) is 68.7. The highest BCUT2D eigenvalue weighted by Crippen LogP contribution is 2.42. The fraction of sp³-hybridized carbons (Fsp3) is 0.100. The van der Waals surface area contributed by atoms with E-state index in [1.807, 2.05) is 31.3 Å². The number of phenols is 1. The molecule has 0 fully saturated rings. The maximum atomic E-state index is 11.8. The van der Waals surface area contributed by atoms with Crippen LogP contribution in [0.1, 0.15) is 37.5 Å². The molecule has 4 nitrogen and oxygen atoms in total. The van der Waals surface area contributed by atoms with Gasteiger partial charge in [-0.3, -0.25) is 9.55 Å². The number of hydrogen-bond donors (Lipinski definition) is 1. The van der Waals surface area contributed by atoms with Crippen LogP contribution in [0.4, 0.5) is 0 Å². The molecular formula is C60H49N3O. The van der Waals surface area contributed by atoms with E-state index in [-0.39, 0.29) is 11.2 Å². The van der Waals surface area contributed by atoms with Gasteiger partial charge in [-0.2, -0.15) is 0 Å². The van der Waals surface area contributed by atoms with Crippen molar-refractivity contribution in [1.29, 1.82) is 0 Å². The van der Waals surface area contributed by atoms with Gasteiger partial charge < -0.3 is 5.11 Å². The molecule has 0 aliphatic rings. The molecule has 0 radical (unpaired) electrons. The molecule has 10 rings (SSSR count). The minimum atomic E-state index is -0.130. The lowest BCUT2D eigenvalue weighted by Gasteiger charge is -2.23. The van der Waals surface area contributed by atoms with E-state index in [2.05, 4.69) is 208 Å². The third kappa shape index (κ3) is 7.80. The number of phenolic OH excluding ortho intramolecular Hbond substituents is 1. The minimum absolute atomic E-state index is 0.130. The molecule has 2 aromatic heterocycles. The first kappa shape index (κ1) is 40.3. The Morgan fingerprint density at radius 1 is 0.453 bits per heavy atom. The SMILES string of the molecule is Cc1cc(C)c(O)c(-c2nc3c(-c4cc(-c5ccccc5)cc(-c5cc(-c6ccc(-c7ccccc7)cc6)ccn5)c4)cccc3n2-c2cc(-c3ccccc3)cc(C(C)(C)C)c2)c1. The molecule has 0 amide bonds. The average molecular weight is 828 g/mol. The van der Waals surface area contributed by atoms with Gasteiger partial charge in [0.1, 0.15) is 11.6 Å². The van der Waals surface area contributed by atoms with E-state index >= 15 is 0 Å². The number of para-hydroxylation sites is 1. The monoisotopic (exact) mass is 827 g/mol. The standard InChI is InChI=1S/C60H49N3O/c1-39-30-40(2)58(64)54(31-39)59-62-57-53(22-15-23-56(57)63(59)52-36-48(43-20-13-8-14-21-43)35-51(38-52)60(3,4)5)49-32-47(42-18-11-7-12-19-42)33-50(34-49)55-37-46(28-29-61-55)45-26-24-44(25-27-45)41-16-9-6-10-17-41/h6-38,64H,1-5H3. The predicted molar refractivity (Wildman–Crippen MR) is 267 cm³/mol. The van der Waals surface area contributed by atoms with Gasteiger partial charge >= 0.3 is 0 Å². The number of hydrogen-bond acceptors (Lipinski definition) is 3. The number of pyridine rings is 1. The van der Waals surface area contributed by atoms with Gasteiger partial charge in [0.25, 0.3) is 0 Å². The Balaban J connectivity index is 1.18. The number of fused-ring (bicyclic) bond motifs is 1. The zero-order valence-electron chi connectivity index (χ0n) is 36.8. The predicted octanol–water partition coefficient (Wildman–Crippen LogP) is 15.7. The van der Waals surface area contributed by atoms with Crippen LogP contribution < -0.4 is 0 Å². The number of aromatic nitrogens is 3. The molecule has 10 aromatic rings. The van der Waals surface area contributed by atoms with Crippen molar-refractivity contribution in [1.82, 2.24) is 14.5 Å². The van der Waals surface area contributed by atoms with Crippen LogP contribution in [0.25, 0.3) is 95.0 Å². The topological polar surface area (TPSA) is 50.9 Å². The molecule has 0 saturated heterocycles. The van der Waals surface area contributed by atoms with Gasteiger partial charge in [-0.25, -0.2) is 4.98 Å². The average Bonchev–Trinajstić information content (AvgIpc) is 3.73. The molecule has 0 aliphatic carbocycles. The van der Waals surface area contributed by atoms with E-state index in [0.29, 0.717) is 11.4 Å². The summed E-state index contributed by atoms with van der Waals surface area (Å²) in [6.07, 6.45) is 1.91. The Kier molecular flexibility index (Phi) is 10.4. The second kappa shape index (κ2) is 16.5. The van der Waals surface area contributed by atoms with Crippen LogP contribution in [-0.2, 0) is 5.41 Å². The van der Waals surface area contributed by atoms with E-state index < -0.39 is 0 Å². The summed E-state index contributed by atoms with van der Waals surface area (Å²) in [5, 5.41) is 11.8. The molecule has 2 heterocycles. The number of imidazole rings is 1. The molecule has 0 bridgehead atoms. The van der Waals surface area contributed by atoms with Crippen molar-refractivity contribution >= 4 is 11.0 Å². The Morgan fingerprint density at radius 2 is 1.02 bits per heavy atom. The van der Waals surface area contributed by atoms with E-state index in [4.69, 9.17) is 9.97 Å². The molecule has 0 aliphatic heterocycles. The Bertz CT molecular complexity index is 3310. The van der Waals surface area contributed by atoms with E-state index in [1.165, 1.54) is 16.7 Å². The zero-order valence-corrected chi connectivity index (χ0v) is 36.8. The Labute approximate surface area is 375 Å². The van der Waals surface area contributed by atoms with Crippen LogP contribution in [0.5, 0.6) is 5.75 Å². The van der Waals surface area contributed by atoms with Crippen LogP contribution in [0.3, 0.4) is 0 Å². The first-order valence-corrected chi connectivity index (χ1v) is 21.9. The number of aryl methyl sites for hydroxylation is 2. The Hall–Kier alpha value is -7.82. The van der Waals surface area contributed by atoms with Gasteiger partial charge in [0, 0.05) is 23.0 Å². The zero-order chi connectivity index (χ0) is 44.0. The maximum Gasteiger partial charge on any atom is 0.149 e. The smallest absolute Gasteiger partial charge is 0.149 e. The van der Waals surface area contributed by atoms with Crippen LogP contribution in [0.2, 0.25) is 0 Å². The van der Waals surface area contributed by atoms with Gasteiger partial charge in [-0.1, -0.05) is 160 Å². The van der Waals surface area contributed by atoms with Gasteiger partial charge in [0.15, 0.2) is 0 Å². The lowest BCUT2D eigenvalue weighted by Crippen LogP contribution is -2.12. The molecule has 1 N–H and O–H groups in total. The van der Waals surface area contributed by atoms with Gasteiger partial charge in [-0.15, -0.1) is 0 Å². The highest BCUT2D eigenvalue weighted by molar-refractivity contribution is 5.98. The first-order chi connectivity index (χ1) is 31.1. The summed E-state index contributed by atoms with van der Waals surface area (Å²) in [7, 11) is 0. The lowest BCUT2D eigenvalue weighted by atomic mass is 9.85. The second-order valence-electron chi connectivity index (χ2n) is 17.8. The number of aromatic hydroxyl groups is 1. The highest BCUT2D eigenvalue weighted by Gasteiger charge is 2.24. The van der Waals surface area contributed by atoms with Crippen molar-refractivity contribution in [2.24, 2.45) is 0 Å². The van der Waals surface area contributed by atoms with E-state index in [0.717, 1.165) is 83.6 Å². The summed E-state index contributed by atoms with van der Waals surface area (Å²) < 4.78 is 2.24. The van der Waals surface area contributed by atoms with Crippen molar-refractivity contribution in [3.8, 4) is 89.7 Å². The van der Waals surface area contributed by atoms with Crippen LogP contribution in [0, 0.1) is 13.8 Å². The van der Waals surface area contributed by atoms with Crippen molar-refractivity contribution in [2.75, 3.05) is 0 Å². The summed E-state index contributed by atoms with van der Waals surface area (Å²) in [4.78, 5) is 10.5. The summed E-state index contributed by atoms with van der Waals surface area (Å²) >= 11 is 0. The third-order valence-corrected chi connectivity index (χ3v) is 12.3. The highest BCUT2D eigenvalue weighted by atomic mass is 16.3. The van der Waals surface area contributed by atoms with E-state index in [9.17, 15) is 5.11 Å². The van der Waals surface area contributed by atoms with Crippen molar-refractivity contribution in [3.63, 3.8) is 0 Å². The summed E-state index contributed by atoms with van der Waals surface area (Å²) in [5.74, 6) is 0.914. The largest absolute Gasteiger partial charge is 0.507 e. The summed E-state index contributed by atoms with van der Waals surface area (Å²) in [6.45, 7) is 10.8. The van der Waals surface area contributed by atoms with Crippen LogP contribution in [0.15, 0.2) is 200 Å². The molecule has 310 valence electrons. The van der Waals surface area contributed by atoms with Crippen molar-refractivity contribution in [2.45, 2.75) is 40.0 Å². The fourth-order valence-corrected chi connectivity index (χ4v) is 8.86. The molecule has 0 atom stereocenters. The molecule has 8 aromatic carbocycles. The number of benzene rings is 8. The van der Waals surface area contributed by atoms with Crippen molar-refractivity contribution in [3.05, 3.63) is 217 Å². The van der Waals surface area contributed by atoms with Crippen LogP contribution >= 0.6 is 0 Å². The van der Waals surface area contributed by atoms with Crippen molar-refractivity contribution < 1.29 is 5.11 Å². The second-order valence-corrected chi connectivity index (χ2v) is 17.8. The normalized spacial score (nSPS) is 11.6. The van der Waals surface area contributed by atoms with Gasteiger partial charge in [-0.05, 0) is 141 Å². The third-order valence-electron chi connectivity index (χ3n) is 12.3. The quantitative estimate of drug-likeness (QED) is 0.166. The lowest BCUT2D eigenvalue weighted by molar-refractivity contribution is 0.472. The molecule has 0 unspecified atom stereocenters. The van der Waals surface area contributed by atoms with Crippen LogP contribution in [-0.4, -0.2) is 19.6 Å². The summed E-state index contributed by atoms with van der Waals surface area (Å²) in [5.41, 5.74) is 19.4. The molecule has 64 heavy (non-hydrogen) atoms. The number of nitrogens with zero attached hydrogens (tertiary/aromatic N) is 3. The van der Waals surface area contributed by atoms with Gasteiger partial charge in [0.2, 0.25) is 0 Å². The van der Waals surface area contributed by atoms with Gasteiger partial charge in [0.05, 0.1) is 22.3 Å². The molecule has 0 saturated carbocycles. The van der Waals surface area contributed by atoms with E-state index in [1.54, 1.807) is 0 Å². The molecule has 4 heteroatoms. The maximum absolute atomic E-state index is 11.8. The minimum Gasteiger partial charge on any atom is -0.507 e. The first-order valence-electron chi connectivity index (χ1n) is 21.9. The molecular weight excluding hydrogens is 779 g/mol.